The Kier molecular flexibility index (Phi) is 24.5. The molecular weight excluding hydrogens is 1800 g/mol. The summed E-state index contributed by atoms with van der Waals surface area (Å²) in [5.41, 5.74) is -3.78. The Morgan fingerprint density at radius 1 is 0.422 bits per heavy atom. The van der Waals surface area contributed by atoms with E-state index in [1.165, 1.54) is 30.3 Å². The molecule has 16 N–H and O–H groups in total. The van der Waals surface area contributed by atoms with Crippen LogP contribution in [0.3, 0.4) is 0 Å². The fraction of sp³-hybridized carbons (Fsp3) is 0.143. The smallest absolute Gasteiger partial charge is 0.397 e. The van der Waals surface area contributed by atoms with E-state index in [4.69, 9.17) is 41.5 Å². The molecule has 48 nitrogen and oxygen atoms in total. The lowest BCUT2D eigenvalue weighted by Gasteiger charge is -2.27. The van der Waals surface area contributed by atoms with E-state index in [0.29, 0.717) is 36.4 Å². The first kappa shape index (κ1) is 86.7. The first-order valence-electron chi connectivity index (χ1n) is 31.0. The number of hydrogen-bond acceptors (Lipinski definition) is 40. The van der Waals surface area contributed by atoms with Gasteiger partial charge in [-0.25, -0.2) is 30.2 Å². The molecule has 0 bridgehead atoms. The van der Waals surface area contributed by atoms with Crippen molar-refractivity contribution in [1.82, 2.24) is 34.9 Å². The third-order valence-electron chi connectivity index (χ3n) is 15.2. The van der Waals surface area contributed by atoms with Gasteiger partial charge in [-0.1, -0.05) is 35.3 Å². The van der Waals surface area contributed by atoms with Gasteiger partial charge in [0.15, 0.2) is 52.3 Å². The van der Waals surface area contributed by atoms with Crippen LogP contribution < -0.4 is 52.6 Å². The van der Waals surface area contributed by atoms with E-state index >= 15 is 0 Å². The molecule has 0 amide bonds. The second-order valence-electron chi connectivity index (χ2n) is 23.2. The molecule has 11 rings (SSSR count). The second kappa shape index (κ2) is 32.7. The van der Waals surface area contributed by atoms with Crippen molar-refractivity contribution in [1.29, 1.82) is 0 Å². The zero-order chi connectivity index (χ0) is 84.8. The lowest BCUT2D eigenvalue weighted by Crippen LogP contribution is -2.20. The molecule has 60 heteroatoms. The zero-order valence-electron chi connectivity index (χ0n) is 56.8. The van der Waals surface area contributed by atoms with Gasteiger partial charge in [-0.3, -0.25) is 41.4 Å². The van der Waals surface area contributed by atoms with Crippen molar-refractivity contribution < 1.29 is 138 Å². The van der Waals surface area contributed by atoms with Crippen molar-refractivity contribution in [2.45, 2.75) is 39.2 Å². The normalized spacial score (nSPS) is 13.3. The molecule has 0 saturated heterocycles. The number of nitrogens with one attached hydrogen (secondary N) is 8. The van der Waals surface area contributed by atoms with Crippen molar-refractivity contribution in [3.63, 3.8) is 0 Å². The highest BCUT2D eigenvalue weighted by Crippen LogP contribution is 2.55. The molecule has 8 aromatic rings. The van der Waals surface area contributed by atoms with Gasteiger partial charge in [-0.2, -0.15) is 97.2 Å². The fourth-order valence-electron chi connectivity index (χ4n) is 10.4. The molecule has 0 atom stereocenters. The van der Waals surface area contributed by atoms with E-state index in [0.717, 1.165) is 42.5 Å². The van der Waals surface area contributed by atoms with Crippen LogP contribution in [0.15, 0.2) is 158 Å². The summed E-state index contributed by atoms with van der Waals surface area (Å²) >= 11 is 13.8. The van der Waals surface area contributed by atoms with Gasteiger partial charge in [-0.15, -0.1) is 0 Å². The number of sulfone groups is 2. The van der Waals surface area contributed by atoms with Crippen LogP contribution in [-0.2, 0) is 110 Å². The van der Waals surface area contributed by atoms with E-state index in [-0.39, 0.29) is 52.7 Å². The van der Waals surface area contributed by atoms with Gasteiger partial charge in [-0.05, 0) is 97.1 Å². The number of anilines is 13. The van der Waals surface area contributed by atoms with Crippen LogP contribution in [-0.4, -0.2) is 206 Å². The van der Waals surface area contributed by atoms with Gasteiger partial charge in [0.2, 0.25) is 35.7 Å². The third kappa shape index (κ3) is 21.2. The predicted octanol–water partition coefficient (Wildman–Crippen LogP) is 4.64. The minimum atomic E-state index is -5.40. The van der Waals surface area contributed by atoms with Gasteiger partial charge in [0.25, 0.3) is 50.6 Å². The molecule has 4 heterocycles. The van der Waals surface area contributed by atoms with Crippen LogP contribution in [0.2, 0.25) is 10.0 Å². The van der Waals surface area contributed by atoms with E-state index < -0.39 is 263 Å². The van der Waals surface area contributed by atoms with Gasteiger partial charge in [0, 0.05) is 31.0 Å². The summed E-state index contributed by atoms with van der Waals surface area (Å²) in [5.74, 6) is -6.89. The SMILES string of the molecule is O=S(=O)(O)OCCS(=O)(=O)c1cccc(Nc2nc(NCCN=c3ccc4nc5c(Cl)c6c(c(Cl)c5oc-4c3S(=O)(=O)O)Nc3ccc(NCCNc4nc(Nc5cccc(S(=O)(=O)CCOS(=O)(=O)O)c5)nc(Nc5cc(S(=O)(=O)O)ccc5S(=O)(=O)O)n4)c(S(=O)(=O)O)c3O6)nc(Nc3cc(S(=O)(=O)O)ccc3S(=O)(=O)O)n2)c1. The molecule has 6 aromatic carbocycles. The maximum atomic E-state index is 13.4. The summed E-state index contributed by atoms with van der Waals surface area (Å²) < 4.78 is 347. The average Bonchev–Trinajstić information content (AvgIpc) is 0.721. The number of nitrogens with zero attached hydrogens (tertiary/aromatic N) is 8. The lowest BCUT2D eigenvalue weighted by atomic mass is 10.1. The first-order valence-corrected chi connectivity index (χ1v) is 46.5. The Morgan fingerprint density at radius 3 is 1.34 bits per heavy atom. The molecular formula is C56H50Cl2N16O32S10. The molecule has 2 aromatic heterocycles. The number of fused-ring (bicyclic) bond motifs is 4. The molecule has 0 fully saturated rings. The lowest BCUT2D eigenvalue weighted by molar-refractivity contribution is 0.282. The van der Waals surface area contributed by atoms with Crippen LogP contribution in [0.25, 0.3) is 22.6 Å². The average molecular weight is 1850 g/mol. The van der Waals surface area contributed by atoms with Crippen LogP contribution in [0, 0.1) is 0 Å². The van der Waals surface area contributed by atoms with Gasteiger partial charge < -0.3 is 51.7 Å². The topological polar surface area (TPSA) is 743 Å². The molecule has 1 aliphatic carbocycles. The van der Waals surface area contributed by atoms with E-state index in [9.17, 15) is 111 Å². The van der Waals surface area contributed by atoms with Crippen LogP contribution in [0.1, 0.15) is 0 Å². The van der Waals surface area contributed by atoms with E-state index in [1.807, 2.05) is 0 Å². The highest BCUT2D eigenvalue weighted by atomic mass is 35.5. The highest BCUT2D eigenvalue weighted by molar-refractivity contribution is 7.92. The zero-order valence-corrected chi connectivity index (χ0v) is 66.5. The van der Waals surface area contributed by atoms with Crippen molar-refractivity contribution in [3.05, 3.63) is 125 Å². The van der Waals surface area contributed by atoms with E-state index in [2.05, 4.69) is 90.8 Å². The second-order valence-corrected chi connectivity index (χ2v) is 38.7. The molecule has 116 heavy (non-hydrogen) atoms. The van der Waals surface area contributed by atoms with Crippen LogP contribution in [0.4, 0.5) is 75.5 Å². The number of ether oxygens (including phenoxy) is 1. The number of hydrogen-bond donors (Lipinski definition) is 16. The summed E-state index contributed by atoms with van der Waals surface area (Å²) in [5, 5.41) is 19.7. The molecule has 0 unspecified atom stereocenters. The Bertz CT molecular complexity index is 6990. The Morgan fingerprint density at radius 2 is 0.879 bits per heavy atom. The van der Waals surface area contributed by atoms with E-state index in [1.54, 1.807) is 0 Å². The molecule has 0 saturated carbocycles. The standard InChI is InChI=1S/C56H50Cl2N16O32S10/c57-41-44-48(106-46-34(66-44)10-12-36(50(46)114(94,95)96)60-16-18-62-52-70-54(64-28-4-2-6-30(24-28)108(77,78)22-20-104-116(100,101)102)74-56(72-52)68-38-26-32(110(82,83)84)8-14-40(38)112(88,89)90)42(58)43-47(41)105-45-33(65-43)9-11-35(49(45)113(91,92)93)59-15-17-61-51-69-53(63-27-3-1-5-29(23-27)107(75,76)21-19-103-115(97,98)99)73-55(71-51)67-37-25-31(109(79,80)81)7-13-39(37)111(85,86)87/h1-14,23-26,59,65H,15-22H2,(H,79,80,81)(H,82,83,84)(H,85,86,87)(H,88,89,90)(H,91,92,93)(H,94,95,96)(H,97,98,99)(H,100,101,102)(H3,61,63,67,69,71,73)(H3,62,64,68,70,72,74). The summed E-state index contributed by atoms with van der Waals surface area (Å²) in [7, 11) is -49.9. The first-order chi connectivity index (χ1) is 53.8. The van der Waals surface area contributed by atoms with Crippen LogP contribution >= 0.6 is 23.2 Å². The number of benzene rings is 7. The number of halogens is 2. The Hall–Kier alpha value is -10.2. The van der Waals surface area contributed by atoms with Gasteiger partial charge in [0.1, 0.15) is 36.7 Å². The molecule has 3 aliphatic rings. The van der Waals surface area contributed by atoms with Crippen molar-refractivity contribution in [3.8, 4) is 23.0 Å². The van der Waals surface area contributed by atoms with Crippen LogP contribution in [0.5, 0.6) is 11.5 Å². The van der Waals surface area contributed by atoms with Crippen molar-refractivity contribution >= 4 is 211 Å². The Labute approximate surface area is 664 Å². The predicted molar refractivity (Wildman–Crippen MR) is 403 cm³/mol. The largest absolute Gasteiger partial charge is 0.450 e. The van der Waals surface area contributed by atoms with Crippen molar-refractivity contribution in [2.24, 2.45) is 4.99 Å². The maximum Gasteiger partial charge on any atom is 0.397 e. The molecule has 620 valence electrons. The third-order valence-corrected chi connectivity index (χ3v) is 25.5. The van der Waals surface area contributed by atoms with Gasteiger partial charge >= 0.3 is 30.9 Å². The molecule has 2 aliphatic heterocycles. The maximum absolute atomic E-state index is 13.4. The molecule has 0 spiro atoms. The van der Waals surface area contributed by atoms with Crippen molar-refractivity contribution in [2.75, 3.05) is 93.4 Å². The monoisotopic (exact) mass is 1850 g/mol. The molecule has 0 radical (unpaired) electrons. The summed E-state index contributed by atoms with van der Waals surface area (Å²) in [4.78, 5) is 27.0. The minimum absolute atomic E-state index is 0.0906. The quantitative estimate of drug-likeness (QED) is 0.0151. The Balaban J connectivity index is 0.856. The highest BCUT2D eigenvalue weighted by Gasteiger charge is 2.36. The minimum Gasteiger partial charge on any atom is -0.450 e. The fourth-order valence-corrected chi connectivity index (χ4v) is 17.8. The number of aromatic nitrogens is 7. The van der Waals surface area contributed by atoms with Gasteiger partial charge in [0.05, 0.1) is 79.0 Å². The summed E-state index contributed by atoms with van der Waals surface area (Å²) in [6.45, 7) is -3.54. The number of rotatable bonds is 33. The summed E-state index contributed by atoms with van der Waals surface area (Å²) in [6, 6.07) is 17.5. The summed E-state index contributed by atoms with van der Waals surface area (Å²) in [6.07, 6.45) is 0.